The van der Waals surface area contributed by atoms with Crippen molar-refractivity contribution in [2.75, 3.05) is 7.11 Å². The Labute approximate surface area is 168 Å². The zero-order valence-electron chi connectivity index (χ0n) is 17.1. The average Bonchev–Trinajstić information content (AvgIpc) is 2.97. The minimum absolute atomic E-state index is 0.00651. The maximum atomic E-state index is 12.2. The smallest absolute Gasteiger partial charge is 0.307 e. The molecule has 0 aliphatic carbocycles. The topological polar surface area (TPSA) is 38.8 Å². The van der Waals surface area contributed by atoms with Crippen molar-refractivity contribution in [3.05, 3.63) is 71.8 Å². The van der Waals surface area contributed by atoms with Crippen LogP contribution in [0.4, 0.5) is 0 Å². The van der Waals surface area contributed by atoms with E-state index >= 15 is 0 Å². The molecule has 4 heteroatoms. The van der Waals surface area contributed by atoms with Gasteiger partial charge in [-0.3, -0.25) is 9.69 Å². The summed E-state index contributed by atoms with van der Waals surface area (Å²) in [5.74, 6) is 0.160. The monoisotopic (exact) mass is 381 g/mol. The van der Waals surface area contributed by atoms with Crippen LogP contribution < -0.4 is 0 Å². The first-order valence-corrected chi connectivity index (χ1v) is 10.2. The van der Waals surface area contributed by atoms with Gasteiger partial charge in [-0.25, -0.2) is 0 Å². The molecule has 0 bridgehead atoms. The Morgan fingerprint density at radius 1 is 0.964 bits per heavy atom. The minimum atomic E-state index is -0.180. The normalized spacial score (nSPS) is 25.0. The number of nitrogens with zero attached hydrogens (tertiary/aromatic N) is 1. The molecule has 3 rings (SSSR count). The number of rotatable bonds is 8. The van der Waals surface area contributed by atoms with Gasteiger partial charge >= 0.3 is 5.97 Å². The SMILES string of the molecule is CC[C@@H]1[C@@H](C)[C@H](OCc2ccccc2)C(CC(=O)OC)N1Cc1ccccc1. The summed E-state index contributed by atoms with van der Waals surface area (Å²) in [5.41, 5.74) is 2.41. The van der Waals surface area contributed by atoms with Crippen LogP contribution in [0.5, 0.6) is 0 Å². The van der Waals surface area contributed by atoms with Crippen molar-refractivity contribution in [2.24, 2.45) is 5.92 Å². The second kappa shape index (κ2) is 9.85. The quantitative estimate of drug-likeness (QED) is 0.634. The van der Waals surface area contributed by atoms with Crippen LogP contribution in [0.1, 0.15) is 37.8 Å². The van der Waals surface area contributed by atoms with Gasteiger partial charge in [0.15, 0.2) is 0 Å². The van der Waals surface area contributed by atoms with Gasteiger partial charge in [-0.05, 0) is 23.5 Å². The van der Waals surface area contributed by atoms with Crippen molar-refractivity contribution < 1.29 is 14.3 Å². The molecular formula is C24H31NO3. The molecule has 0 radical (unpaired) electrons. The molecule has 1 heterocycles. The van der Waals surface area contributed by atoms with E-state index in [9.17, 15) is 4.79 Å². The zero-order chi connectivity index (χ0) is 19.9. The highest BCUT2D eigenvalue weighted by atomic mass is 16.5. The lowest BCUT2D eigenvalue weighted by molar-refractivity contribution is -0.143. The van der Waals surface area contributed by atoms with Crippen LogP contribution in [0.25, 0.3) is 0 Å². The second-order valence-electron chi connectivity index (χ2n) is 7.60. The Balaban J connectivity index is 1.82. The van der Waals surface area contributed by atoms with E-state index in [0.717, 1.165) is 18.5 Å². The number of ether oxygens (including phenoxy) is 2. The van der Waals surface area contributed by atoms with Crippen molar-refractivity contribution >= 4 is 5.97 Å². The van der Waals surface area contributed by atoms with E-state index in [4.69, 9.17) is 9.47 Å². The molecule has 1 fully saturated rings. The Hall–Kier alpha value is -2.17. The standard InChI is InChI=1S/C24H31NO3/c1-4-21-18(2)24(28-17-20-13-9-6-10-14-20)22(15-23(26)27-3)25(21)16-19-11-7-5-8-12-19/h5-14,18,21-22,24H,4,15-17H2,1-3H3/t18-,21-,22?,24+/m1/s1. The molecule has 150 valence electrons. The average molecular weight is 382 g/mol. The number of carbonyl (C=O) groups excluding carboxylic acids is 1. The van der Waals surface area contributed by atoms with Gasteiger partial charge in [0.05, 0.1) is 26.2 Å². The number of hydrogen-bond donors (Lipinski definition) is 0. The highest BCUT2D eigenvalue weighted by molar-refractivity contribution is 5.70. The van der Waals surface area contributed by atoms with Gasteiger partial charge in [0.2, 0.25) is 0 Å². The summed E-state index contributed by atoms with van der Waals surface area (Å²) in [6, 6.07) is 21.0. The molecular weight excluding hydrogens is 350 g/mol. The van der Waals surface area contributed by atoms with Gasteiger partial charge in [-0.2, -0.15) is 0 Å². The fourth-order valence-electron chi connectivity index (χ4n) is 4.46. The highest BCUT2D eigenvalue weighted by Gasteiger charge is 2.47. The number of hydrogen-bond acceptors (Lipinski definition) is 4. The molecule has 4 nitrogen and oxygen atoms in total. The van der Waals surface area contributed by atoms with Crippen LogP contribution in [0.3, 0.4) is 0 Å². The van der Waals surface area contributed by atoms with E-state index in [2.05, 4.69) is 55.1 Å². The Morgan fingerprint density at radius 3 is 2.14 bits per heavy atom. The van der Waals surface area contributed by atoms with Gasteiger partial charge in [-0.1, -0.05) is 74.5 Å². The van der Waals surface area contributed by atoms with Gasteiger partial charge in [0.25, 0.3) is 0 Å². The number of benzene rings is 2. The summed E-state index contributed by atoms with van der Waals surface area (Å²) >= 11 is 0. The van der Waals surface area contributed by atoms with Crippen LogP contribution in [-0.2, 0) is 27.4 Å². The van der Waals surface area contributed by atoms with Crippen molar-refractivity contribution in [3.8, 4) is 0 Å². The van der Waals surface area contributed by atoms with Gasteiger partial charge < -0.3 is 9.47 Å². The molecule has 1 unspecified atom stereocenters. The minimum Gasteiger partial charge on any atom is -0.469 e. The summed E-state index contributed by atoms with van der Waals surface area (Å²) in [6.07, 6.45) is 1.37. The number of likely N-dealkylation sites (tertiary alicyclic amines) is 1. The lowest BCUT2D eigenvalue weighted by Crippen LogP contribution is -2.40. The summed E-state index contributed by atoms with van der Waals surface area (Å²) in [6.45, 7) is 5.84. The molecule has 2 aromatic rings. The van der Waals surface area contributed by atoms with Crippen LogP contribution in [0.15, 0.2) is 60.7 Å². The van der Waals surface area contributed by atoms with Crippen molar-refractivity contribution in [3.63, 3.8) is 0 Å². The highest BCUT2D eigenvalue weighted by Crippen LogP contribution is 2.37. The lowest BCUT2D eigenvalue weighted by Gasteiger charge is -2.30. The Morgan fingerprint density at radius 2 is 1.57 bits per heavy atom. The van der Waals surface area contributed by atoms with Crippen LogP contribution in [0, 0.1) is 5.92 Å². The van der Waals surface area contributed by atoms with E-state index in [1.807, 2.05) is 24.3 Å². The lowest BCUT2D eigenvalue weighted by atomic mass is 9.95. The van der Waals surface area contributed by atoms with E-state index < -0.39 is 0 Å². The molecule has 0 saturated carbocycles. The molecule has 0 spiro atoms. The summed E-state index contributed by atoms with van der Waals surface area (Å²) < 4.78 is 11.4. The fraction of sp³-hybridized carbons (Fsp3) is 0.458. The van der Waals surface area contributed by atoms with Crippen molar-refractivity contribution in [1.29, 1.82) is 0 Å². The van der Waals surface area contributed by atoms with Crippen LogP contribution >= 0.6 is 0 Å². The predicted octanol–water partition coefficient (Wildman–Crippen LogP) is 4.43. The Kier molecular flexibility index (Phi) is 7.24. The summed E-state index contributed by atoms with van der Waals surface area (Å²) in [7, 11) is 1.46. The predicted molar refractivity (Wildman–Crippen MR) is 111 cm³/mol. The third-order valence-corrected chi connectivity index (χ3v) is 5.87. The van der Waals surface area contributed by atoms with E-state index in [1.54, 1.807) is 0 Å². The third-order valence-electron chi connectivity index (χ3n) is 5.87. The molecule has 0 N–H and O–H groups in total. The molecule has 4 atom stereocenters. The number of esters is 1. The maximum absolute atomic E-state index is 12.2. The molecule has 0 aromatic heterocycles. The second-order valence-corrected chi connectivity index (χ2v) is 7.60. The zero-order valence-corrected chi connectivity index (χ0v) is 17.1. The molecule has 0 amide bonds. The Bertz CT molecular complexity index is 734. The molecule has 2 aromatic carbocycles. The van der Waals surface area contributed by atoms with E-state index in [-0.39, 0.29) is 18.1 Å². The van der Waals surface area contributed by atoms with Crippen LogP contribution in [0.2, 0.25) is 0 Å². The first-order valence-electron chi connectivity index (χ1n) is 10.2. The van der Waals surface area contributed by atoms with Crippen molar-refractivity contribution in [1.82, 2.24) is 4.90 Å². The van der Waals surface area contributed by atoms with E-state index in [1.165, 1.54) is 12.7 Å². The largest absolute Gasteiger partial charge is 0.469 e. The number of methoxy groups -OCH3 is 1. The van der Waals surface area contributed by atoms with Gasteiger partial charge in [-0.15, -0.1) is 0 Å². The van der Waals surface area contributed by atoms with Crippen LogP contribution in [-0.4, -0.2) is 36.2 Å². The molecule has 28 heavy (non-hydrogen) atoms. The molecule has 1 aliphatic heterocycles. The first-order chi connectivity index (χ1) is 13.6. The summed E-state index contributed by atoms with van der Waals surface area (Å²) in [4.78, 5) is 14.6. The van der Waals surface area contributed by atoms with Gasteiger partial charge in [0, 0.05) is 18.6 Å². The van der Waals surface area contributed by atoms with E-state index in [0.29, 0.717) is 25.0 Å². The molecule has 1 aliphatic rings. The van der Waals surface area contributed by atoms with Crippen molar-refractivity contribution in [2.45, 2.75) is 58.0 Å². The first kappa shape index (κ1) is 20.6. The fourth-order valence-corrected chi connectivity index (χ4v) is 4.46. The third kappa shape index (κ3) is 4.81. The summed E-state index contributed by atoms with van der Waals surface area (Å²) in [5, 5.41) is 0. The maximum Gasteiger partial charge on any atom is 0.307 e. The number of carbonyl (C=O) groups is 1. The van der Waals surface area contributed by atoms with Gasteiger partial charge in [0.1, 0.15) is 0 Å². The molecule has 1 saturated heterocycles.